The molecule has 0 heterocycles. The zero-order valence-corrected chi connectivity index (χ0v) is 13.4. The van der Waals surface area contributed by atoms with Crippen molar-refractivity contribution in [2.24, 2.45) is 11.8 Å². The number of carbonyl (C=O) groups is 1. The molecule has 2 heteroatoms. The van der Waals surface area contributed by atoms with Crippen LogP contribution in [0.5, 0.6) is 0 Å². The molecule has 0 rings (SSSR count). The third-order valence-corrected chi connectivity index (χ3v) is 3.06. The first kappa shape index (κ1) is 17.9. The summed E-state index contributed by atoms with van der Waals surface area (Å²) in [5.41, 5.74) is 1.35. The van der Waals surface area contributed by atoms with Crippen LogP contribution in [0.3, 0.4) is 0 Å². The highest BCUT2D eigenvalue weighted by molar-refractivity contribution is 5.66. The predicted molar refractivity (Wildman–Crippen MR) is 82.0 cm³/mol. The van der Waals surface area contributed by atoms with Gasteiger partial charge in [-0.25, -0.2) is 0 Å². The Kier molecular flexibility index (Phi) is 9.28. The SMILES string of the molecule is CC(=O)OC(CC(C)C/C=C/CC=C(C)C)C(C)C. The highest BCUT2D eigenvalue weighted by atomic mass is 16.5. The van der Waals surface area contributed by atoms with Gasteiger partial charge in [-0.3, -0.25) is 4.79 Å². The number of rotatable bonds is 8. The van der Waals surface area contributed by atoms with Crippen LogP contribution in [0, 0.1) is 11.8 Å². The molecule has 0 aromatic rings. The van der Waals surface area contributed by atoms with Crippen molar-refractivity contribution in [3.63, 3.8) is 0 Å². The smallest absolute Gasteiger partial charge is 0.302 e. The maximum Gasteiger partial charge on any atom is 0.302 e. The fraction of sp³-hybridized carbons (Fsp3) is 0.706. The minimum Gasteiger partial charge on any atom is -0.462 e. The van der Waals surface area contributed by atoms with Crippen molar-refractivity contribution < 1.29 is 9.53 Å². The number of allylic oxidation sites excluding steroid dienone is 4. The van der Waals surface area contributed by atoms with Gasteiger partial charge in [-0.1, -0.05) is 44.6 Å². The third kappa shape index (κ3) is 10.5. The molecule has 0 aliphatic carbocycles. The summed E-state index contributed by atoms with van der Waals surface area (Å²) in [5.74, 6) is 0.737. The molecule has 2 atom stereocenters. The van der Waals surface area contributed by atoms with Gasteiger partial charge >= 0.3 is 5.97 Å². The average molecular weight is 266 g/mol. The molecule has 0 aliphatic heterocycles. The van der Waals surface area contributed by atoms with Crippen molar-refractivity contribution in [1.82, 2.24) is 0 Å². The monoisotopic (exact) mass is 266 g/mol. The molecule has 2 unspecified atom stereocenters. The lowest BCUT2D eigenvalue weighted by Gasteiger charge is -2.23. The van der Waals surface area contributed by atoms with E-state index in [1.54, 1.807) is 0 Å². The van der Waals surface area contributed by atoms with Gasteiger partial charge in [-0.2, -0.15) is 0 Å². The molecule has 110 valence electrons. The molecule has 0 aromatic heterocycles. The van der Waals surface area contributed by atoms with Crippen LogP contribution in [-0.2, 0) is 9.53 Å². The minimum atomic E-state index is -0.176. The number of esters is 1. The Morgan fingerprint density at radius 1 is 1.11 bits per heavy atom. The van der Waals surface area contributed by atoms with Crippen LogP contribution < -0.4 is 0 Å². The van der Waals surface area contributed by atoms with Crippen LogP contribution >= 0.6 is 0 Å². The van der Waals surface area contributed by atoms with Gasteiger partial charge < -0.3 is 4.74 Å². The second kappa shape index (κ2) is 9.82. The van der Waals surface area contributed by atoms with Crippen molar-refractivity contribution in [3.8, 4) is 0 Å². The molecule has 0 aliphatic rings. The zero-order valence-electron chi connectivity index (χ0n) is 13.4. The Morgan fingerprint density at radius 2 is 1.74 bits per heavy atom. The Labute approximate surface area is 118 Å². The molecule has 19 heavy (non-hydrogen) atoms. The van der Waals surface area contributed by atoms with Gasteiger partial charge in [0, 0.05) is 6.92 Å². The van der Waals surface area contributed by atoms with E-state index in [2.05, 4.69) is 52.8 Å². The third-order valence-electron chi connectivity index (χ3n) is 3.06. The molecule has 0 saturated heterocycles. The molecule has 0 aromatic carbocycles. The van der Waals surface area contributed by atoms with Gasteiger partial charge in [-0.15, -0.1) is 0 Å². The Morgan fingerprint density at radius 3 is 2.21 bits per heavy atom. The zero-order chi connectivity index (χ0) is 14.8. The molecule has 2 nitrogen and oxygen atoms in total. The van der Waals surface area contributed by atoms with E-state index in [4.69, 9.17) is 4.74 Å². The van der Waals surface area contributed by atoms with Gasteiger partial charge in [0.2, 0.25) is 0 Å². The molecule has 0 spiro atoms. The summed E-state index contributed by atoms with van der Waals surface area (Å²) in [6, 6.07) is 0. The lowest BCUT2D eigenvalue weighted by molar-refractivity contribution is -0.149. The number of hydrogen-bond acceptors (Lipinski definition) is 2. The van der Waals surface area contributed by atoms with Gasteiger partial charge in [0.25, 0.3) is 0 Å². The predicted octanol–water partition coefficient (Wildman–Crippen LogP) is 4.90. The maximum atomic E-state index is 11.1. The Hall–Kier alpha value is -1.05. The summed E-state index contributed by atoms with van der Waals surface area (Å²) in [7, 11) is 0. The molecule has 0 N–H and O–H groups in total. The summed E-state index contributed by atoms with van der Waals surface area (Å²) in [5, 5.41) is 0. The van der Waals surface area contributed by atoms with E-state index in [-0.39, 0.29) is 12.1 Å². The highest BCUT2D eigenvalue weighted by Crippen LogP contribution is 2.19. The summed E-state index contributed by atoms with van der Waals surface area (Å²) < 4.78 is 5.37. The van der Waals surface area contributed by atoms with Crippen LogP contribution in [0.1, 0.15) is 60.8 Å². The fourth-order valence-electron chi connectivity index (χ4n) is 1.89. The number of carbonyl (C=O) groups excluding carboxylic acids is 1. The molecular weight excluding hydrogens is 236 g/mol. The van der Waals surface area contributed by atoms with E-state index in [1.165, 1.54) is 12.5 Å². The van der Waals surface area contributed by atoms with Gasteiger partial charge in [-0.05, 0) is 44.9 Å². The number of ether oxygens (including phenoxy) is 1. The van der Waals surface area contributed by atoms with Gasteiger partial charge in [0.15, 0.2) is 0 Å². The second-order valence-corrected chi connectivity index (χ2v) is 5.96. The van der Waals surface area contributed by atoms with Crippen molar-refractivity contribution in [1.29, 1.82) is 0 Å². The average Bonchev–Trinajstić information content (AvgIpc) is 2.26. The van der Waals surface area contributed by atoms with Crippen LogP contribution in [0.2, 0.25) is 0 Å². The van der Waals surface area contributed by atoms with E-state index >= 15 is 0 Å². The topological polar surface area (TPSA) is 26.3 Å². The molecule has 0 fully saturated rings. The first-order valence-corrected chi connectivity index (χ1v) is 7.28. The van der Waals surface area contributed by atoms with Crippen molar-refractivity contribution in [2.75, 3.05) is 0 Å². The van der Waals surface area contributed by atoms with Crippen molar-refractivity contribution >= 4 is 5.97 Å². The lowest BCUT2D eigenvalue weighted by atomic mass is 9.93. The number of hydrogen-bond donors (Lipinski definition) is 0. The van der Waals surface area contributed by atoms with Crippen LogP contribution in [0.15, 0.2) is 23.8 Å². The quantitative estimate of drug-likeness (QED) is 0.461. The molecule has 0 amide bonds. The van der Waals surface area contributed by atoms with E-state index in [0.717, 1.165) is 19.3 Å². The first-order valence-electron chi connectivity index (χ1n) is 7.28. The highest BCUT2D eigenvalue weighted by Gasteiger charge is 2.18. The Balaban J connectivity index is 4.09. The van der Waals surface area contributed by atoms with Crippen molar-refractivity contribution in [3.05, 3.63) is 23.8 Å². The van der Waals surface area contributed by atoms with Crippen LogP contribution in [0.25, 0.3) is 0 Å². The maximum absolute atomic E-state index is 11.1. The van der Waals surface area contributed by atoms with Gasteiger partial charge in [0.1, 0.15) is 6.10 Å². The minimum absolute atomic E-state index is 0.0404. The lowest BCUT2D eigenvalue weighted by Crippen LogP contribution is -2.24. The first-order chi connectivity index (χ1) is 8.82. The van der Waals surface area contributed by atoms with Gasteiger partial charge in [0.05, 0.1) is 0 Å². The van der Waals surface area contributed by atoms with E-state index < -0.39 is 0 Å². The largest absolute Gasteiger partial charge is 0.462 e. The summed E-state index contributed by atoms with van der Waals surface area (Å²) in [4.78, 5) is 11.1. The normalized spacial score (nSPS) is 14.5. The summed E-state index contributed by atoms with van der Waals surface area (Å²) in [6.45, 7) is 12.1. The molecule has 0 radical (unpaired) electrons. The summed E-state index contributed by atoms with van der Waals surface area (Å²) in [6.07, 6.45) is 9.68. The fourth-order valence-corrected chi connectivity index (χ4v) is 1.89. The molecular formula is C17H30O2. The van der Waals surface area contributed by atoms with E-state index in [0.29, 0.717) is 11.8 Å². The second-order valence-electron chi connectivity index (χ2n) is 5.96. The Bertz CT molecular complexity index is 309. The molecule has 0 saturated carbocycles. The summed E-state index contributed by atoms with van der Waals surface area (Å²) >= 11 is 0. The van der Waals surface area contributed by atoms with E-state index in [1.807, 2.05) is 0 Å². The van der Waals surface area contributed by atoms with Crippen LogP contribution in [0.4, 0.5) is 0 Å². The molecule has 0 bridgehead atoms. The van der Waals surface area contributed by atoms with Crippen LogP contribution in [-0.4, -0.2) is 12.1 Å². The van der Waals surface area contributed by atoms with E-state index in [9.17, 15) is 4.79 Å². The van der Waals surface area contributed by atoms with Crippen molar-refractivity contribution in [2.45, 2.75) is 66.9 Å². The standard InChI is InChI=1S/C17H30O2/c1-13(2)10-8-7-9-11-15(5)12-17(14(3)4)19-16(6)18/h7,9-10,14-15,17H,8,11-12H2,1-6H3/b9-7+.